The van der Waals surface area contributed by atoms with Gasteiger partial charge in [0.25, 0.3) is 5.91 Å². The van der Waals surface area contributed by atoms with Gasteiger partial charge in [0.15, 0.2) is 18.1 Å². The van der Waals surface area contributed by atoms with E-state index in [9.17, 15) is 14.7 Å². The Morgan fingerprint density at radius 3 is 2.75 bits per heavy atom. The average molecular weight is 350 g/mol. The van der Waals surface area contributed by atoms with E-state index in [-0.39, 0.29) is 23.1 Å². The molecule has 0 saturated carbocycles. The van der Waals surface area contributed by atoms with Crippen LogP contribution in [0.3, 0.4) is 0 Å². The average Bonchev–Trinajstić information content (AvgIpc) is 3.00. The minimum absolute atomic E-state index is 0.0738. The summed E-state index contributed by atoms with van der Waals surface area (Å²) in [5, 5.41) is 12.5. The highest BCUT2D eigenvalue weighted by molar-refractivity contribution is 6.30. The Bertz CT molecular complexity index is 807. The molecule has 0 radical (unpaired) electrons. The SMILES string of the molecule is O=C(COC(=O)c1ccc(Cl)cc1O)Nc1ccc2c(c1)OCO2. The van der Waals surface area contributed by atoms with Crippen molar-refractivity contribution in [1.82, 2.24) is 0 Å². The lowest BCUT2D eigenvalue weighted by Crippen LogP contribution is -2.20. The van der Waals surface area contributed by atoms with Gasteiger partial charge in [0.05, 0.1) is 0 Å². The highest BCUT2D eigenvalue weighted by Crippen LogP contribution is 2.34. The number of carbonyl (C=O) groups is 2. The van der Waals surface area contributed by atoms with E-state index >= 15 is 0 Å². The Hall–Kier alpha value is -2.93. The van der Waals surface area contributed by atoms with Gasteiger partial charge >= 0.3 is 5.97 Å². The number of esters is 1. The van der Waals surface area contributed by atoms with Crippen molar-refractivity contribution in [1.29, 1.82) is 0 Å². The van der Waals surface area contributed by atoms with Gasteiger partial charge in [-0.2, -0.15) is 0 Å². The third-order valence-electron chi connectivity index (χ3n) is 3.17. The van der Waals surface area contributed by atoms with Crippen molar-refractivity contribution in [3.63, 3.8) is 0 Å². The molecule has 3 rings (SSSR count). The third kappa shape index (κ3) is 3.52. The summed E-state index contributed by atoms with van der Waals surface area (Å²) >= 11 is 5.68. The molecule has 1 aliphatic rings. The second-order valence-electron chi connectivity index (χ2n) is 4.85. The topological polar surface area (TPSA) is 94.1 Å². The van der Waals surface area contributed by atoms with Gasteiger partial charge in [-0.15, -0.1) is 0 Å². The number of fused-ring (bicyclic) bond motifs is 1. The molecule has 1 heterocycles. The van der Waals surface area contributed by atoms with Crippen LogP contribution in [0.4, 0.5) is 5.69 Å². The van der Waals surface area contributed by atoms with Crippen LogP contribution in [0.25, 0.3) is 0 Å². The number of nitrogens with one attached hydrogen (secondary N) is 1. The van der Waals surface area contributed by atoms with Crippen LogP contribution in [-0.2, 0) is 9.53 Å². The van der Waals surface area contributed by atoms with Crippen molar-refractivity contribution < 1.29 is 28.9 Å². The zero-order valence-electron chi connectivity index (χ0n) is 12.2. The molecule has 2 aromatic rings. The molecule has 24 heavy (non-hydrogen) atoms. The molecule has 0 atom stereocenters. The van der Waals surface area contributed by atoms with Crippen molar-refractivity contribution in [3.8, 4) is 17.2 Å². The maximum Gasteiger partial charge on any atom is 0.342 e. The number of ether oxygens (including phenoxy) is 3. The quantitative estimate of drug-likeness (QED) is 0.824. The van der Waals surface area contributed by atoms with Crippen molar-refractivity contribution in [3.05, 3.63) is 47.0 Å². The van der Waals surface area contributed by atoms with Gasteiger partial charge < -0.3 is 24.6 Å². The van der Waals surface area contributed by atoms with Crippen LogP contribution >= 0.6 is 11.6 Å². The van der Waals surface area contributed by atoms with E-state index in [2.05, 4.69) is 5.32 Å². The number of rotatable bonds is 4. The Morgan fingerprint density at radius 2 is 1.96 bits per heavy atom. The minimum Gasteiger partial charge on any atom is -0.507 e. The number of anilines is 1. The van der Waals surface area contributed by atoms with E-state index in [1.54, 1.807) is 18.2 Å². The summed E-state index contributed by atoms with van der Waals surface area (Å²) in [5.41, 5.74) is 0.407. The number of hydrogen-bond acceptors (Lipinski definition) is 6. The maximum absolute atomic E-state index is 11.8. The summed E-state index contributed by atoms with van der Waals surface area (Å²) in [7, 11) is 0. The van der Waals surface area contributed by atoms with Crippen LogP contribution in [-0.4, -0.2) is 30.4 Å². The molecule has 0 aliphatic carbocycles. The first-order valence-electron chi connectivity index (χ1n) is 6.88. The second kappa shape index (κ2) is 6.67. The molecule has 0 fully saturated rings. The lowest BCUT2D eigenvalue weighted by Gasteiger charge is -2.08. The fourth-order valence-electron chi connectivity index (χ4n) is 2.06. The lowest BCUT2D eigenvalue weighted by atomic mass is 10.2. The van der Waals surface area contributed by atoms with E-state index < -0.39 is 18.5 Å². The van der Waals surface area contributed by atoms with Crippen molar-refractivity contribution >= 4 is 29.2 Å². The Labute approximate surface area is 141 Å². The first-order valence-corrected chi connectivity index (χ1v) is 7.26. The molecule has 124 valence electrons. The predicted molar refractivity (Wildman–Crippen MR) is 84.6 cm³/mol. The van der Waals surface area contributed by atoms with Crippen LogP contribution in [0, 0.1) is 0 Å². The normalized spacial score (nSPS) is 11.9. The summed E-state index contributed by atoms with van der Waals surface area (Å²) in [6.45, 7) is -0.371. The monoisotopic (exact) mass is 349 g/mol. The number of phenols is 1. The van der Waals surface area contributed by atoms with Crippen LogP contribution in [0.15, 0.2) is 36.4 Å². The van der Waals surface area contributed by atoms with E-state index in [1.807, 2.05) is 0 Å². The minimum atomic E-state index is -0.829. The van der Waals surface area contributed by atoms with Crippen LogP contribution in [0.5, 0.6) is 17.2 Å². The number of carbonyl (C=O) groups excluding carboxylic acids is 2. The van der Waals surface area contributed by atoms with Gasteiger partial charge in [-0.25, -0.2) is 4.79 Å². The van der Waals surface area contributed by atoms with E-state index in [1.165, 1.54) is 18.2 Å². The molecule has 8 heteroatoms. The number of phenolic OH excluding ortho intramolecular Hbond substituents is 1. The fraction of sp³-hybridized carbons (Fsp3) is 0.125. The van der Waals surface area contributed by atoms with Gasteiger partial charge in [0, 0.05) is 16.8 Å². The van der Waals surface area contributed by atoms with Gasteiger partial charge in [-0.05, 0) is 30.3 Å². The first-order chi connectivity index (χ1) is 11.5. The summed E-state index contributed by atoms with van der Waals surface area (Å²) in [6, 6.07) is 8.87. The summed E-state index contributed by atoms with van der Waals surface area (Å²) in [5.74, 6) is -0.558. The molecule has 2 aromatic carbocycles. The van der Waals surface area contributed by atoms with Gasteiger partial charge in [-0.1, -0.05) is 11.6 Å². The molecule has 7 nitrogen and oxygen atoms in total. The molecular formula is C16H12ClNO6. The highest BCUT2D eigenvalue weighted by Gasteiger charge is 2.16. The molecule has 0 aromatic heterocycles. The maximum atomic E-state index is 11.8. The molecule has 0 saturated heterocycles. The number of amides is 1. The predicted octanol–water partition coefficient (Wildman–Crippen LogP) is 2.57. The molecule has 1 aliphatic heterocycles. The third-order valence-corrected chi connectivity index (χ3v) is 3.41. The molecule has 2 N–H and O–H groups in total. The van der Waals surface area contributed by atoms with Crippen LogP contribution < -0.4 is 14.8 Å². The Morgan fingerprint density at radius 1 is 1.17 bits per heavy atom. The first kappa shape index (κ1) is 15.9. The van der Waals surface area contributed by atoms with E-state index in [4.69, 9.17) is 25.8 Å². The Kier molecular flexibility index (Phi) is 4.43. The van der Waals surface area contributed by atoms with Gasteiger partial charge in [-0.3, -0.25) is 4.79 Å². The molecular weight excluding hydrogens is 338 g/mol. The molecule has 0 bridgehead atoms. The zero-order valence-corrected chi connectivity index (χ0v) is 13.0. The highest BCUT2D eigenvalue weighted by atomic mass is 35.5. The summed E-state index contributed by atoms with van der Waals surface area (Å²) in [6.07, 6.45) is 0. The number of hydrogen-bond donors (Lipinski definition) is 2. The largest absolute Gasteiger partial charge is 0.507 e. The second-order valence-corrected chi connectivity index (χ2v) is 5.29. The summed E-state index contributed by atoms with van der Waals surface area (Å²) < 4.78 is 15.2. The smallest absolute Gasteiger partial charge is 0.342 e. The molecule has 0 spiro atoms. The number of aromatic hydroxyl groups is 1. The number of benzene rings is 2. The summed E-state index contributed by atoms with van der Waals surface area (Å²) in [4.78, 5) is 23.7. The van der Waals surface area contributed by atoms with Gasteiger partial charge in [0.1, 0.15) is 11.3 Å². The molecule has 0 unspecified atom stereocenters. The zero-order chi connectivity index (χ0) is 17.1. The van der Waals surface area contributed by atoms with E-state index in [0.29, 0.717) is 17.2 Å². The lowest BCUT2D eigenvalue weighted by molar-refractivity contribution is -0.119. The number of halogens is 1. The van der Waals surface area contributed by atoms with Crippen LogP contribution in [0.2, 0.25) is 5.02 Å². The molecule has 1 amide bonds. The fourth-order valence-corrected chi connectivity index (χ4v) is 2.22. The van der Waals surface area contributed by atoms with E-state index in [0.717, 1.165) is 0 Å². The van der Waals surface area contributed by atoms with Crippen LogP contribution in [0.1, 0.15) is 10.4 Å². The Balaban J connectivity index is 1.56. The van der Waals surface area contributed by atoms with Gasteiger partial charge in [0.2, 0.25) is 6.79 Å². The van der Waals surface area contributed by atoms with Crippen molar-refractivity contribution in [2.45, 2.75) is 0 Å². The van der Waals surface area contributed by atoms with Crippen molar-refractivity contribution in [2.24, 2.45) is 0 Å². The standard InChI is InChI=1S/C16H12ClNO6/c17-9-1-3-11(12(19)5-9)16(21)22-7-15(20)18-10-2-4-13-14(6-10)24-8-23-13/h1-6,19H,7-8H2,(H,18,20). The van der Waals surface area contributed by atoms with Crippen molar-refractivity contribution in [2.75, 3.05) is 18.7 Å².